The summed E-state index contributed by atoms with van der Waals surface area (Å²) in [5, 5.41) is 13.3. The van der Waals surface area contributed by atoms with Crippen LogP contribution in [0.2, 0.25) is 0 Å². The van der Waals surface area contributed by atoms with Crippen LogP contribution in [0.15, 0.2) is 24.3 Å². The van der Waals surface area contributed by atoms with Gasteiger partial charge in [0.25, 0.3) is 0 Å². The molecule has 1 heterocycles. The molecule has 1 aromatic carbocycles. The van der Waals surface area contributed by atoms with E-state index in [-0.39, 0.29) is 5.91 Å². The molecule has 0 saturated heterocycles. The van der Waals surface area contributed by atoms with E-state index < -0.39 is 0 Å². The van der Waals surface area contributed by atoms with E-state index in [1.807, 2.05) is 32.0 Å². The fourth-order valence-corrected chi connectivity index (χ4v) is 2.36. The van der Waals surface area contributed by atoms with Gasteiger partial charge in [0, 0.05) is 29.5 Å². The first-order valence-electron chi connectivity index (χ1n) is 7.58. The summed E-state index contributed by atoms with van der Waals surface area (Å²) in [5.74, 6) is 0.00909. The fourth-order valence-electron chi connectivity index (χ4n) is 2.36. The van der Waals surface area contributed by atoms with Crippen LogP contribution in [0.1, 0.15) is 36.4 Å². The lowest BCUT2D eigenvalue weighted by Crippen LogP contribution is -2.25. The second-order valence-corrected chi connectivity index (χ2v) is 5.87. The molecule has 0 unspecified atom stereocenters. The molecule has 5 nitrogen and oxygen atoms in total. The second-order valence-electron chi connectivity index (χ2n) is 5.87. The summed E-state index contributed by atoms with van der Waals surface area (Å²) < 4.78 is 0. The Bertz CT molecular complexity index is 626. The topological polar surface area (TPSA) is 69.8 Å². The number of nitrogens with zero attached hydrogens (tertiary/aromatic N) is 1. The first kappa shape index (κ1) is 16.1. The SMILES string of the molecule is Cc1n[nH]c(C)c1CC(=O)NCc1cccc(NC(C)C)c1. The molecule has 0 aliphatic rings. The molecule has 2 aromatic rings. The number of aromatic nitrogens is 2. The van der Waals surface area contributed by atoms with E-state index in [2.05, 4.69) is 40.7 Å². The van der Waals surface area contributed by atoms with Crippen molar-refractivity contribution in [3.8, 4) is 0 Å². The van der Waals surface area contributed by atoms with Gasteiger partial charge in [0.05, 0.1) is 12.1 Å². The molecule has 0 aliphatic heterocycles. The number of benzene rings is 1. The molecule has 5 heteroatoms. The fraction of sp³-hybridized carbons (Fsp3) is 0.412. The minimum absolute atomic E-state index is 0.00909. The van der Waals surface area contributed by atoms with Gasteiger partial charge < -0.3 is 10.6 Å². The minimum atomic E-state index is 0.00909. The van der Waals surface area contributed by atoms with Crippen molar-refractivity contribution in [1.82, 2.24) is 15.5 Å². The van der Waals surface area contributed by atoms with Gasteiger partial charge in [-0.3, -0.25) is 9.89 Å². The lowest BCUT2D eigenvalue weighted by molar-refractivity contribution is -0.120. The zero-order valence-corrected chi connectivity index (χ0v) is 13.7. The van der Waals surface area contributed by atoms with Gasteiger partial charge >= 0.3 is 0 Å². The first-order valence-corrected chi connectivity index (χ1v) is 7.58. The normalized spacial score (nSPS) is 10.8. The number of H-pyrrole nitrogens is 1. The Morgan fingerprint density at radius 2 is 2.09 bits per heavy atom. The van der Waals surface area contributed by atoms with Crippen LogP contribution in [0.3, 0.4) is 0 Å². The summed E-state index contributed by atoms with van der Waals surface area (Å²) in [4.78, 5) is 12.1. The van der Waals surface area contributed by atoms with Crippen molar-refractivity contribution < 1.29 is 4.79 Å². The number of amides is 1. The zero-order chi connectivity index (χ0) is 16.1. The highest BCUT2D eigenvalue weighted by Crippen LogP contribution is 2.12. The van der Waals surface area contributed by atoms with Crippen molar-refractivity contribution in [2.75, 3.05) is 5.32 Å². The Hall–Kier alpha value is -2.30. The Morgan fingerprint density at radius 3 is 2.73 bits per heavy atom. The monoisotopic (exact) mass is 300 g/mol. The van der Waals surface area contributed by atoms with Crippen LogP contribution >= 0.6 is 0 Å². The summed E-state index contributed by atoms with van der Waals surface area (Å²) in [6.07, 6.45) is 0.359. The van der Waals surface area contributed by atoms with Crippen molar-refractivity contribution in [2.24, 2.45) is 0 Å². The molecular formula is C17H24N4O. The number of hydrogen-bond acceptors (Lipinski definition) is 3. The minimum Gasteiger partial charge on any atom is -0.383 e. The van der Waals surface area contributed by atoms with Crippen molar-refractivity contribution in [1.29, 1.82) is 0 Å². The number of carbonyl (C=O) groups is 1. The lowest BCUT2D eigenvalue weighted by atomic mass is 10.1. The van der Waals surface area contributed by atoms with Gasteiger partial charge in [-0.05, 0) is 45.4 Å². The number of carbonyl (C=O) groups excluding carboxylic acids is 1. The van der Waals surface area contributed by atoms with Crippen molar-refractivity contribution in [2.45, 2.75) is 46.7 Å². The molecule has 0 atom stereocenters. The number of anilines is 1. The molecule has 0 radical (unpaired) electrons. The largest absolute Gasteiger partial charge is 0.383 e. The average molecular weight is 300 g/mol. The van der Waals surface area contributed by atoms with Crippen LogP contribution in [0.5, 0.6) is 0 Å². The summed E-state index contributed by atoms with van der Waals surface area (Å²) in [5.41, 5.74) is 4.97. The van der Waals surface area contributed by atoms with E-state index in [4.69, 9.17) is 0 Å². The van der Waals surface area contributed by atoms with Crippen LogP contribution in [-0.2, 0) is 17.8 Å². The van der Waals surface area contributed by atoms with Crippen LogP contribution in [0, 0.1) is 13.8 Å². The maximum Gasteiger partial charge on any atom is 0.224 e. The van der Waals surface area contributed by atoms with Crippen LogP contribution in [0.25, 0.3) is 0 Å². The second kappa shape index (κ2) is 7.11. The highest BCUT2D eigenvalue weighted by Gasteiger charge is 2.11. The highest BCUT2D eigenvalue weighted by atomic mass is 16.1. The Kier molecular flexibility index (Phi) is 5.20. The zero-order valence-electron chi connectivity index (χ0n) is 13.7. The van der Waals surface area contributed by atoms with Gasteiger partial charge in [0.1, 0.15) is 0 Å². The third-order valence-electron chi connectivity index (χ3n) is 3.49. The molecule has 0 aliphatic carbocycles. The molecule has 2 rings (SSSR count). The van der Waals surface area contributed by atoms with Crippen molar-refractivity contribution in [3.05, 3.63) is 46.8 Å². The van der Waals surface area contributed by atoms with Gasteiger partial charge in [-0.2, -0.15) is 5.10 Å². The van der Waals surface area contributed by atoms with E-state index in [0.717, 1.165) is 28.2 Å². The molecule has 0 fully saturated rings. The average Bonchev–Trinajstić information content (AvgIpc) is 2.77. The van der Waals surface area contributed by atoms with Crippen LogP contribution in [-0.4, -0.2) is 22.1 Å². The summed E-state index contributed by atoms with van der Waals surface area (Å²) >= 11 is 0. The third-order valence-corrected chi connectivity index (χ3v) is 3.49. The first-order chi connectivity index (χ1) is 10.5. The summed E-state index contributed by atoms with van der Waals surface area (Å²) in [6, 6.07) is 8.49. The summed E-state index contributed by atoms with van der Waals surface area (Å²) in [7, 11) is 0. The lowest BCUT2D eigenvalue weighted by Gasteiger charge is -2.12. The quantitative estimate of drug-likeness (QED) is 0.768. The van der Waals surface area contributed by atoms with Gasteiger partial charge in [0.15, 0.2) is 0 Å². The van der Waals surface area contributed by atoms with Gasteiger partial charge in [-0.25, -0.2) is 0 Å². The standard InChI is InChI=1S/C17H24N4O/c1-11(2)19-15-7-5-6-14(8-15)10-18-17(22)9-16-12(3)20-21-13(16)4/h5-8,11,19H,9-10H2,1-4H3,(H,18,22)(H,20,21). The molecular weight excluding hydrogens is 276 g/mol. The highest BCUT2D eigenvalue weighted by molar-refractivity contribution is 5.79. The number of aryl methyl sites for hydroxylation is 2. The van der Waals surface area contributed by atoms with Crippen LogP contribution in [0.4, 0.5) is 5.69 Å². The summed E-state index contributed by atoms with van der Waals surface area (Å²) in [6.45, 7) is 8.58. The molecule has 22 heavy (non-hydrogen) atoms. The predicted molar refractivity (Wildman–Crippen MR) is 88.8 cm³/mol. The van der Waals surface area contributed by atoms with Gasteiger partial charge in [0.2, 0.25) is 5.91 Å². The molecule has 0 bridgehead atoms. The Labute approximate surface area is 131 Å². The van der Waals surface area contributed by atoms with Gasteiger partial charge in [-0.15, -0.1) is 0 Å². The molecule has 0 spiro atoms. The maximum atomic E-state index is 12.1. The van der Waals surface area contributed by atoms with Crippen molar-refractivity contribution >= 4 is 11.6 Å². The predicted octanol–water partition coefficient (Wildman–Crippen LogP) is 2.71. The van der Waals surface area contributed by atoms with Crippen molar-refractivity contribution in [3.63, 3.8) is 0 Å². The Morgan fingerprint density at radius 1 is 1.32 bits per heavy atom. The number of nitrogens with one attached hydrogen (secondary N) is 3. The van der Waals surface area contributed by atoms with E-state index >= 15 is 0 Å². The molecule has 1 amide bonds. The van der Waals surface area contributed by atoms with E-state index in [1.54, 1.807) is 0 Å². The Balaban J connectivity index is 1.91. The smallest absolute Gasteiger partial charge is 0.224 e. The van der Waals surface area contributed by atoms with E-state index in [0.29, 0.717) is 19.0 Å². The number of rotatable bonds is 6. The van der Waals surface area contributed by atoms with E-state index in [9.17, 15) is 4.79 Å². The van der Waals surface area contributed by atoms with Crippen LogP contribution < -0.4 is 10.6 Å². The number of hydrogen-bond donors (Lipinski definition) is 3. The third kappa shape index (κ3) is 4.35. The van der Waals surface area contributed by atoms with Gasteiger partial charge in [-0.1, -0.05) is 12.1 Å². The molecule has 3 N–H and O–H groups in total. The molecule has 0 saturated carbocycles. The maximum absolute atomic E-state index is 12.1. The molecule has 1 aromatic heterocycles. The number of aromatic amines is 1. The van der Waals surface area contributed by atoms with E-state index in [1.165, 1.54) is 0 Å². The molecule has 118 valence electrons.